The minimum Gasteiger partial charge on any atom is -0.459 e. The highest BCUT2D eigenvalue weighted by Gasteiger charge is 2.43. The van der Waals surface area contributed by atoms with Crippen molar-refractivity contribution in [2.24, 2.45) is 0 Å². The van der Waals surface area contributed by atoms with Crippen LogP contribution in [0.25, 0.3) is 11.0 Å². The Balaban J connectivity index is 1.41. The minimum absolute atomic E-state index is 0.00635. The summed E-state index contributed by atoms with van der Waals surface area (Å²) in [6.45, 7) is 3.95. The third-order valence-electron chi connectivity index (χ3n) is 6.28. The Bertz CT molecular complexity index is 1450. The number of benzene rings is 2. The van der Waals surface area contributed by atoms with Gasteiger partial charge in [-0.1, -0.05) is 47.0 Å². The van der Waals surface area contributed by atoms with E-state index < -0.39 is 30.2 Å². The molecule has 8 nitrogen and oxygen atoms in total. The van der Waals surface area contributed by atoms with Gasteiger partial charge >= 0.3 is 11.9 Å². The first-order chi connectivity index (χ1) is 17.8. The fraction of sp³-hybridized carbons (Fsp3) is 0.259. The van der Waals surface area contributed by atoms with Gasteiger partial charge in [-0.15, -0.1) is 0 Å². The fourth-order valence-electron chi connectivity index (χ4n) is 4.25. The lowest BCUT2D eigenvalue weighted by atomic mass is 10.1. The number of esters is 2. The van der Waals surface area contributed by atoms with Crippen LogP contribution in [-0.4, -0.2) is 51.9 Å². The van der Waals surface area contributed by atoms with Gasteiger partial charge in [-0.25, -0.2) is 14.6 Å². The maximum atomic E-state index is 13.1. The Morgan fingerprint density at radius 3 is 2.22 bits per heavy atom. The molecule has 190 valence electrons. The van der Waals surface area contributed by atoms with Crippen molar-refractivity contribution in [2.75, 3.05) is 13.2 Å². The molecule has 1 fully saturated rings. The van der Waals surface area contributed by atoms with Gasteiger partial charge in [-0.2, -0.15) is 4.98 Å². The van der Waals surface area contributed by atoms with Crippen LogP contribution in [0.3, 0.4) is 0 Å². The molecule has 1 aliphatic heterocycles. The topological polar surface area (TPSA) is 92.5 Å². The van der Waals surface area contributed by atoms with E-state index in [1.807, 2.05) is 38.1 Å². The summed E-state index contributed by atoms with van der Waals surface area (Å²) in [6.07, 6.45) is 0.268. The number of hydrogen-bond donors (Lipinski definition) is 0. The monoisotopic (exact) mass is 539 g/mol. The number of halogens is 2. The van der Waals surface area contributed by atoms with Crippen molar-refractivity contribution >= 4 is 46.2 Å². The summed E-state index contributed by atoms with van der Waals surface area (Å²) in [5.41, 5.74) is 3.35. The number of fused-ring (bicyclic) bond motifs is 1. The molecule has 2 aromatic carbocycles. The van der Waals surface area contributed by atoms with Crippen LogP contribution in [0.5, 0.6) is 0 Å². The molecule has 1 aliphatic rings. The van der Waals surface area contributed by atoms with E-state index >= 15 is 0 Å². The van der Waals surface area contributed by atoms with Crippen LogP contribution >= 0.6 is 23.2 Å². The average Bonchev–Trinajstić information content (AvgIpc) is 3.47. The number of aromatic nitrogens is 3. The summed E-state index contributed by atoms with van der Waals surface area (Å²) >= 11 is 12.3. The lowest BCUT2D eigenvalue weighted by Crippen LogP contribution is -2.36. The number of hydrogen-bond acceptors (Lipinski definition) is 7. The second kappa shape index (κ2) is 10.5. The summed E-state index contributed by atoms with van der Waals surface area (Å²) in [5.74, 6) is -1.01. The minimum atomic E-state index is -0.789. The maximum absolute atomic E-state index is 13.1. The zero-order valence-corrected chi connectivity index (χ0v) is 21.6. The first kappa shape index (κ1) is 25.2. The van der Waals surface area contributed by atoms with Gasteiger partial charge in [-0.05, 0) is 55.8 Å². The molecular weight excluding hydrogens is 517 g/mol. The first-order valence-electron chi connectivity index (χ1n) is 11.6. The van der Waals surface area contributed by atoms with Crippen LogP contribution in [0.2, 0.25) is 10.4 Å². The molecule has 1 saturated heterocycles. The van der Waals surface area contributed by atoms with Crippen molar-refractivity contribution in [3.8, 4) is 0 Å². The molecule has 0 spiro atoms. The van der Waals surface area contributed by atoms with Gasteiger partial charge in [0.15, 0.2) is 6.10 Å². The lowest BCUT2D eigenvalue weighted by molar-refractivity contribution is -0.0307. The van der Waals surface area contributed by atoms with Crippen LogP contribution in [0, 0.1) is 13.8 Å². The molecule has 0 radical (unpaired) electrons. The predicted molar refractivity (Wildman–Crippen MR) is 138 cm³/mol. The van der Waals surface area contributed by atoms with Crippen LogP contribution in [0.15, 0.2) is 60.8 Å². The Hall–Kier alpha value is -3.46. The van der Waals surface area contributed by atoms with E-state index in [1.54, 1.807) is 41.1 Å². The summed E-state index contributed by atoms with van der Waals surface area (Å²) in [4.78, 5) is 34.0. The summed E-state index contributed by atoms with van der Waals surface area (Å²) < 4.78 is 19.3. The summed E-state index contributed by atoms with van der Waals surface area (Å²) in [5, 5.41) is 0.807. The highest BCUT2D eigenvalue weighted by molar-refractivity contribution is 6.35. The van der Waals surface area contributed by atoms with Crippen molar-refractivity contribution in [1.82, 2.24) is 14.5 Å². The van der Waals surface area contributed by atoms with Gasteiger partial charge in [0.1, 0.15) is 23.5 Å². The average molecular weight is 540 g/mol. The number of carbonyl (C=O) groups excluding carboxylic acids is 2. The van der Waals surface area contributed by atoms with Gasteiger partial charge in [-0.3, -0.25) is 0 Å². The SMILES string of the molecule is Cc1ccc(C(=O)OCC2OCC(n3ccc4c(Cl)nc(Cl)nc43)C2OC(=O)c2ccc(C)cc2)cc1. The molecular formula is C27H23Cl2N3O5. The molecule has 0 N–H and O–H groups in total. The second-order valence-electron chi connectivity index (χ2n) is 8.88. The third kappa shape index (κ3) is 5.32. The van der Waals surface area contributed by atoms with E-state index in [9.17, 15) is 9.59 Å². The molecule has 10 heteroatoms. The van der Waals surface area contributed by atoms with Gasteiger partial charge in [0.2, 0.25) is 5.28 Å². The van der Waals surface area contributed by atoms with Crippen molar-refractivity contribution in [1.29, 1.82) is 0 Å². The van der Waals surface area contributed by atoms with Gasteiger partial charge in [0, 0.05) is 6.20 Å². The van der Waals surface area contributed by atoms with Crippen LogP contribution in [0.4, 0.5) is 0 Å². The van der Waals surface area contributed by atoms with E-state index in [4.69, 9.17) is 37.4 Å². The largest absolute Gasteiger partial charge is 0.459 e. The molecule has 3 heterocycles. The Morgan fingerprint density at radius 1 is 0.946 bits per heavy atom. The van der Waals surface area contributed by atoms with Crippen molar-refractivity contribution in [3.05, 3.63) is 93.5 Å². The Labute approximate surface area is 223 Å². The molecule has 37 heavy (non-hydrogen) atoms. The van der Waals surface area contributed by atoms with Crippen LogP contribution < -0.4 is 0 Å². The maximum Gasteiger partial charge on any atom is 0.338 e. The quantitative estimate of drug-likeness (QED) is 0.184. The van der Waals surface area contributed by atoms with Crippen molar-refractivity contribution in [3.63, 3.8) is 0 Å². The highest BCUT2D eigenvalue weighted by Crippen LogP contribution is 2.34. The number of rotatable bonds is 6. The molecule has 0 aliphatic carbocycles. The summed E-state index contributed by atoms with van der Waals surface area (Å²) in [7, 11) is 0. The van der Waals surface area contributed by atoms with Gasteiger partial charge < -0.3 is 18.8 Å². The predicted octanol–water partition coefficient (Wildman–Crippen LogP) is 5.38. The lowest BCUT2D eigenvalue weighted by Gasteiger charge is -2.24. The molecule has 3 atom stereocenters. The van der Waals surface area contributed by atoms with Gasteiger partial charge in [0.05, 0.1) is 29.2 Å². The zero-order chi connectivity index (χ0) is 26.1. The van der Waals surface area contributed by atoms with Crippen molar-refractivity contribution in [2.45, 2.75) is 32.1 Å². The van der Waals surface area contributed by atoms with E-state index in [0.717, 1.165) is 11.1 Å². The van der Waals surface area contributed by atoms with E-state index in [0.29, 0.717) is 22.2 Å². The fourth-order valence-corrected chi connectivity index (χ4v) is 4.68. The zero-order valence-electron chi connectivity index (χ0n) is 20.1. The van der Waals surface area contributed by atoms with Gasteiger partial charge in [0.25, 0.3) is 0 Å². The molecule has 5 rings (SSSR count). The van der Waals surface area contributed by atoms with E-state index in [2.05, 4.69) is 9.97 Å². The Morgan fingerprint density at radius 2 is 1.57 bits per heavy atom. The van der Waals surface area contributed by atoms with E-state index in [1.165, 1.54) is 0 Å². The highest BCUT2D eigenvalue weighted by atomic mass is 35.5. The van der Waals surface area contributed by atoms with Crippen LogP contribution in [-0.2, 0) is 14.2 Å². The number of carbonyl (C=O) groups is 2. The number of nitrogens with zero attached hydrogens (tertiary/aromatic N) is 3. The molecule has 2 aromatic heterocycles. The van der Waals surface area contributed by atoms with Crippen molar-refractivity contribution < 1.29 is 23.8 Å². The third-order valence-corrected chi connectivity index (χ3v) is 6.74. The van der Waals surface area contributed by atoms with E-state index in [-0.39, 0.29) is 23.7 Å². The molecule has 0 bridgehead atoms. The second-order valence-corrected chi connectivity index (χ2v) is 9.58. The normalized spacial score (nSPS) is 19.2. The smallest absolute Gasteiger partial charge is 0.338 e. The Kier molecular flexibility index (Phi) is 7.15. The molecule has 0 amide bonds. The standard InChI is InChI=1S/C27H23Cl2N3O5/c1-15-3-7-17(8-4-15)25(33)36-14-21-22(37-26(34)18-9-5-16(2)6-10-18)20(13-35-21)32-12-11-19-23(28)30-27(29)31-24(19)32/h3-12,20-22H,13-14H2,1-2H3. The number of ether oxygens (including phenoxy) is 3. The summed E-state index contributed by atoms with van der Waals surface area (Å²) in [6, 6.07) is 15.4. The number of aryl methyl sites for hydroxylation is 2. The molecule has 4 aromatic rings. The first-order valence-corrected chi connectivity index (χ1v) is 12.4. The molecule has 0 saturated carbocycles. The van der Waals surface area contributed by atoms with Crippen LogP contribution in [0.1, 0.15) is 37.9 Å². The molecule has 3 unspecified atom stereocenters.